The van der Waals surface area contributed by atoms with Gasteiger partial charge in [0.1, 0.15) is 11.5 Å². The summed E-state index contributed by atoms with van der Waals surface area (Å²) in [5, 5.41) is 51.0. The molecule has 2 aromatic carbocycles. The molecule has 0 aliphatic carbocycles. The molecule has 0 aromatic heterocycles. The van der Waals surface area contributed by atoms with Gasteiger partial charge >= 0.3 is 17.9 Å². The lowest BCUT2D eigenvalue weighted by Gasteiger charge is -2.26. The van der Waals surface area contributed by atoms with Crippen molar-refractivity contribution < 1.29 is 44.7 Å². The van der Waals surface area contributed by atoms with Crippen LogP contribution in [0.25, 0.3) is 0 Å². The van der Waals surface area contributed by atoms with Crippen molar-refractivity contribution in [3.63, 3.8) is 0 Å². The van der Waals surface area contributed by atoms with E-state index in [0.717, 1.165) is 5.56 Å². The number of carbonyl (C=O) groups excluding carboxylic acids is 1. The van der Waals surface area contributed by atoms with Crippen LogP contribution in [-0.4, -0.2) is 92.4 Å². The number of hydrogen-bond acceptors (Lipinski definition) is 8. The second-order valence-electron chi connectivity index (χ2n) is 9.20. The number of benzene rings is 2. The van der Waals surface area contributed by atoms with E-state index >= 15 is 0 Å². The average Bonchev–Trinajstić information content (AvgIpc) is 2.86. The van der Waals surface area contributed by atoms with Gasteiger partial charge in [0.25, 0.3) is 0 Å². The number of hydrogen-bond donors (Lipinski definition) is 6. The molecule has 0 aliphatic rings. The molecule has 2 rings (SSSR count). The van der Waals surface area contributed by atoms with Gasteiger partial charge in [-0.1, -0.05) is 24.3 Å². The third-order valence-electron chi connectivity index (χ3n) is 6.07. The van der Waals surface area contributed by atoms with Gasteiger partial charge in [-0.2, -0.15) is 0 Å². The minimum absolute atomic E-state index is 0.0282. The lowest BCUT2D eigenvalue weighted by atomic mass is 10.0. The molecule has 0 heterocycles. The van der Waals surface area contributed by atoms with E-state index in [1.807, 2.05) is 0 Å². The van der Waals surface area contributed by atoms with E-state index in [1.54, 1.807) is 36.2 Å². The summed E-state index contributed by atoms with van der Waals surface area (Å²) in [6, 6.07) is 9.56. The van der Waals surface area contributed by atoms with E-state index in [0.29, 0.717) is 23.1 Å². The number of phenols is 2. The Morgan fingerprint density at radius 3 is 1.51 bits per heavy atom. The first kappa shape index (κ1) is 31.1. The van der Waals surface area contributed by atoms with E-state index < -0.39 is 17.9 Å². The van der Waals surface area contributed by atoms with Crippen molar-refractivity contribution in [3.05, 3.63) is 58.7 Å². The molecule has 212 valence electrons. The van der Waals surface area contributed by atoms with Crippen LogP contribution < -0.4 is 5.32 Å². The van der Waals surface area contributed by atoms with E-state index in [2.05, 4.69) is 5.32 Å². The Balaban J connectivity index is 2.16. The Kier molecular flexibility index (Phi) is 12.2. The molecule has 12 nitrogen and oxygen atoms in total. The monoisotopic (exact) mass is 545 g/mol. The van der Waals surface area contributed by atoms with Gasteiger partial charge in [-0.15, -0.1) is 0 Å². The fraction of sp³-hybridized carbons (Fsp3) is 0.407. The molecule has 12 heteroatoms. The summed E-state index contributed by atoms with van der Waals surface area (Å²) in [4.78, 5) is 48.6. The highest BCUT2D eigenvalue weighted by molar-refractivity contribution is 5.75. The third kappa shape index (κ3) is 11.4. The number of carbonyl (C=O) groups is 4. The van der Waals surface area contributed by atoms with Gasteiger partial charge in [0, 0.05) is 57.2 Å². The fourth-order valence-corrected chi connectivity index (χ4v) is 4.05. The second-order valence-corrected chi connectivity index (χ2v) is 9.20. The van der Waals surface area contributed by atoms with Crippen LogP contribution in [0.5, 0.6) is 11.5 Å². The molecule has 0 saturated heterocycles. The number of nitrogens with zero attached hydrogens (tertiary/aromatic N) is 2. The number of amides is 1. The van der Waals surface area contributed by atoms with Crippen molar-refractivity contribution >= 4 is 23.8 Å². The van der Waals surface area contributed by atoms with Crippen molar-refractivity contribution in [3.8, 4) is 11.5 Å². The molecule has 6 N–H and O–H groups in total. The van der Waals surface area contributed by atoms with Crippen molar-refractivity contribution in [2.24, 2.45) is 0 Å². The van der Waals surface area contributed by atoms with E-state index in [-0.39, 0.29) is 75.9 Å². The molecule has 0 spiro atoms. The smallest absolute Gasteiger partial charge is 0.317 e. The highest BCUT2D eigenvalue weighted by Crippen LogP contribution is 2.23. The van der Waals surface area contributed by atoms with Crippen LogP contribution in [0.1, 0.15) is 35.1 Å². The maximum absolute atomic E-state index is 11.6. The molecule has 0 saturated carbocycles. The molecule has 0 radical (unpaired) electrons. The first-order valence-electron chi connectivity index (χ1n) is 12.4. The van der Waals surface area contributed by atoms with E-state index in [9.17, 15) is 39.6 Å². The van der Waals surface area contributed by atoms with Crippen molar-refractivity contribution in [2.75, 3.05) is 33.2 Å². The number of carboxylic acid groups (broad SMARTS) is 3. The number of nitrogens with one attached hydrogen (secondary N) is 1. The number of aliphatic carboxylic acids is 3. The summed E-state index contributed by atoms with van der Waals surface area (Å²) >= 11 is 0. The molecule has 1 amide bonds. The number of aryl methyl sites for hydroxylation is 2. The fourth-order valence-electron chi connectivity index (χ4n) is 4.05. The topological polar surface area (TPSA) is 188 Å². The standard InChI is InChI=1S/C27H35N3O9/c1-28-24(33)8-4-18-2-6-22(31)20(12-18)14-29(16-26(36)37)10-11-30(17-27(38)39)15-21-13-19(3-7-23(21)32)5-9-25(34)35/h2-3,6-7,12-13,31-32H,4-5,8-11,14-17H2,1H3,(H,28,33)(H,34,35)(H,36,37)(H,38,39). The number of rotatable bonds is 17. The summed E-state index contributed by atoms with van der Waals surface area (Å²) in [6.45, 7) is -0.349. The van der Waals surface area contributed by atoms with Gasteiger partial charge in [-0.25, -0.2) is 0 Å². The lowest BCUT2D eigenvalue weighted by molar-refractivity contribution is -0.140. The lowest BCUT2D eigenvalue weighted by Crippen LogP contribution is -2.39. The zero-order chi connectivity index (χ0) is 28.9. The Morgan fingerprint density at radius 2 is 1.13 bits per heavy atom. The molecular weight excluding hydrogens is 510 g/mol. The van der Waals surface area contributed by atoms with Crippen LogP contribution in [-0.2, 0) is 45.1 Å². The average molecular weight is 546 g/mol. The zero-order valence-electron chi connectivity index (χ0n) is 21.8. The largest absolute Gasteiger partial charge is 0.508 e. The summed E-state index contributed by atoms with van der Waals surface area (Å²) < 4.78 is 0. The Hall–Kier alpha value is -4.16. The second kappa shape index (κ2) is 15.3. The Morgan fingerprint density at radius 1 is 0.692 bits per heavy atom. The molecule has 0 bridgehead atoms. The molecule has 0 aliphatic heterocycles. The number of phenolic OH excluding ortho intramolecular Hbond substituents is 2. The van der Waals surface area contributed by atoms with Crippen LogP contribution in [0.3, 0.4) is 0 Å². The summed E-state index contributed by atoms with van der Waals surface area (Å²) in [5.74, 6) is -3.39. The number of carboxylic acids is 3. The van der Waals surface area contributed by atoms with Gasteiger partial charge in [0.05, 0.1) is 13.1 Å². The molecular formula is C27H35N3O9. The van der Waals surface area contributed by atoms with Crippen LogP contribution in [0.2, 0.25) is 0 Å². The molecule has 0 atom stereocenters. The first-order chi connectivity index (χ1) is 18.5. The predicted molar refractivity (Wildman–Crippen MR) is 140 cm³/mol. The maximum Gasteiger partial charge on any atom is 0.317 e. The van der Waals surface area contributed by atoms with Crippen LogP contribution in [0.4, 0.5) is 0 Å². The minimum atomic E-state index is -1.11. The van der Waals surface area contributed by atoms with E-state index in [1.165, 1.54) is 17.0 Å². The quantitative estimate of drug-likeness (QED) is 0.168. The summed E-state index contributed by atoms with van der Waals surface area (Å²) in [6.07, 6.45) is 0.855. The SMILES string of the molecule is CNC(=O)CCc1ccc(O)c(CN(CCN(CC(=O)O)Cc2cc(CCC(=O)O)ccc2O)CC(=O)O)c1. The van der Waals surface area contributed by atoms with Crippen molar-refractivity contribution in [1.29, 1.82) is 0 Å². The van der Waals surface area contributed by atoms with Gasteiger partial charge in [0.2, 0.25) is 5.91 Å². The van der Waals surface area contributed by atoms with Crippen LogP contribution in [0, 0.1) is 0 Å². The van der Waals surface area contributed by atoms with Crippen LogP contribution in [0.15, 0.2) is 36.4 Å². The Bertz CT molecular complexity index is 1170. The van der Waals surface area contributed by atoms with Crippen molar-refractivity contribution in [1.82, 2.24) is 15.1 Å². The molecule has 0 fully saturated rings. The molecule has 0 unspecified atom stereocenters. The maximum atomic E-state index is 11.6. The Labute approximate surface area is 226 Å². The summed E-state index contributed by atoms with van der Waals surface area (Å²) in [7, 11) is 1.54. The van der Waals surface area contributed by atoms with Gasteiger partial charge in [-0.3, -0.25) is 29.0 Å². The highest BCUT2D eigenvalue weighted by Gasteiger charge is 2.18. The van der Waals surface area contributed by atoms with E-state index in [4.69, 9.17) is 5.11 Å². The molecule has 39 heavy (non-hydrogen) atoms. The van der Waals surface area contributed by atoms with Gasteiger partial charge in [-0.05, 0) is 36.1 Å². The van der Waals surface area contributed by atoms with Gasteiger partial charge < -0.3 is 30.8 Å². The number of aromatic hydroxyl groups is 2. The molecule has 2 aromatic rings. The van der Waals surface area contributed by atoms with Crippen LogP contribution >= 0.6 is 0 Å². The minimum Gasteiger partial charge on any atom is -0.508 e. The highest BCUT2D eigenvalue weighted by atomic mass is 16.4. The third-order valence-corrected chi connectivity index (χ3v) is 6.07. The van der Waals surface area contributed by atoms with Gasteiger partial charge in [0.15, 0.2) is 0 Å². The predicted octanol–water partition coefficient (Wildman–Crippen LogP) is 1.27. The zero-order valence-corrected chi connectivity index (χ0v) is 21.8. The normalized spacial score (nSPS) is 11.1. The van der Waals surface area contributed by atoms with Crippen molar-refractivity contribution in [2.45, 2.75) is 38.8 Å². The summed E-state index contributed by atoms with van der Waals surface area (Å²) in [5.41, 5.74) is 2.37. The first-order valence-corrected chi connectivity index (χ1v) is 12.4.